The van der Waals surface area contributed by atoms with Gasteiger partial charge in [-0.05, 0) is 6.42 Å². The molecule has 0 N–H and O–H groups in total. The molecule has 121 valence electrons. The molecule has 0 aliphatic rings. The van der Waals surface area contributed by atoms with Crippen LogP contribution < -0.4 is 34.0 Å². The van der Waals surface area contributed by atoms with Crippen LogP contribution in [0.2, 0.25) is 12.1 Å². The molecule has 0 heterocycles. The fourth-order valence-corrected chi connectivity index (χ4v) is 2.81. The molecule has 2 aromatic rings. The molecule has 0 nitrogen and oxygen atoms in total. The van der Waals surface area contributed by atoms with Crippen LogP contribution in [0.4, 0.5) is 0 Å². The summed E-state index contributed by atoms with van der Waals surface area (Å²) >= 11 is 0. The van der Waals surface area contributed by atoms with Crippen molar-refractivity contribution in [2.45, 2.75) is 59.0 Å². The van der Waals surface area contributed by atoms with E-state index in [1.165, 1.54) is 62.8 Å². The van der Waals surface area contributed by atoms with E-state index in [1.54, 1.807) is 0 Å². The molecule has 0 amide bonds. The summed E-state index contributed by atoms with van der Waals surface area (Å²) in [5.74, 6) is 0. The third kappa shape index (κ3) is 9.25. The van der Waals surface area contributed by atoms with Crippen molar-refractivity contribution >= 4 is 20.3 Å². The van der Waals surface area contributed by atoms with Gasteiger partial charge >= 0.3 is 26.2 Å². The van der Waals surface area contributed by atoms with E-state index in [0.29, 0.717) is 0 Å². The minimum Gasteiger partial charge on any atom is -1.00 e. The van der Waals surface area contributed by atoms with E-state index in [-0.39, 0.29) is 60.2 Å². The minimum atomic E-state index is 0. The number of hydrogen-bond donors (Lipinski definition) is 0. The van der Waals surface area contributed by atoms with Crippen LogP contribution >= 0.6 is 0 Å². The Morgan fingerprint density at radius 3 is 2.05 bits per heavy atom. The fraction of sp³-hybridized carbons (Fsp3) is 0.500. The van der Waals surface area contributed by atoms with E-state index in [9.17, 15) is 0 Å². The Morgan fingerprint density at radius 2 is 1.59 bits per heavy atom. The number of rotatable bonds is 5. The predicted octanol–water partition coefficient (Wildman–Crippen LogP) is -0.218. The average molecular weight is 523 g/mol. The van der Waals surface area contributed by atoms with Crippen LogP contribution in [-0.4, -0.2) is 9.52 Å². The van der Waals surface area contributed by atoms with Crippen LogP contribution in [0.15, 0.2) is 30.3 Å². The maximum atomic E-state index is 2.35. The second-order valence-corrected chi connectivity index (χ2v) is 6.86. The monoisotopic (exact) mass is 519 g/mol. The number of hydrogen-bond acceptors (Lipinski definition) is 0. The van der Waals surface area contributed by atoms with E-state index >= 15 is 0 Å². The quantitative estimate of drug-likeness (QED) is 0.377. The zero-order valence-electron chi connectivity index (χ0n) is 14.2. The molecular formula is C18H27Br2SiZr. The second kappa shape index (κ2) is 16.7. The average Bonchev–Trinajstić information content (AvgIpc) is 2.75. The molecule has 0 atom stereocenters. The molecule has 0 aliphatic heterocycles. The van der Waals surface area contributed by atoms with Gasteiger partial charge in [0.05, 0.1) is 0 Å². The van der Waals surface area contributed by atoms with Gasteiger partial charge in [0, 0.05) is 9.52 Å². The van der Waals surface area contributed by atoms with Crippen LogP contribution in [0, 0.1) is 6.92 Å². The summed E-state index contributed by atoms with van der Waals surface area (Å²) in [5, 5.41) is 2.83. The van der Waals surface area contributed by atoms with Crippen molar-refractivity contribution in [3.05, 3.63) is 41.5 Å². The second-order valence-electron chi connectivity index (χ2n) is 4.94. The number of unbranched alkanes of at least 4 members (excludes halogenated alkanes) is 1. The third-order valence-corrected chi connectivity index (χ3v) is 4.48. The molecule has 0 aromatic heterocycles. The number of benzene rings is 1. The summed E-state index contributed by atoms with van der Waals surface area (Å²) in [4.78, 5) is 0. The van der Waals surface area contributed by atoms with Gasteiger partial charge in [-0.1, -0.05) is 58.7 Å². The van der Waals surface area contributed by atoms with Crippen molar-refractivity contribution in [2.24, 2.45) is 0 Å². The largest absolute Gasteiger partial charge is 3.00 e. The first-order chi connectivity index (χ1) is 9.24. The first-order valence-electron chi connectivity index (χ1n) is 7.59. The topological polar surface area (TPSA) is 0 Å². The molecule has 0 spiro atoms. The van der Waals surface area contributed by atoms with Crippen LogP contribution in [0.25, 0.3) is 10.8 Å². The summed E-state index contributed by atoms with van der Waals surface area (Å²) < 4.78 is 0. The first kappa shape index (κ1) is 27.7. The van der Waals surface area contributed by atoms with Crippen LogP contribution in [-0.2, 0) is 32.6 Å². The Balaban J connectivity index is -0.000000401. The summed E-state index contributed by atoms with van der Waals surface area (Å²) in [6, 6.07) is 13.8. The molecule has 0 aliphatic carbocycles. The standard InChI is InChI=1S/C14H17.C4H10Si.2BrH.Zr/c1-3-4-7-12-10-13-8-5-6-9-14(13)11(12)2;1-3-5-4-2;;;/h5-6,8-10H,3-4,7H2,1-2H3;3-4H2,1-2H3;2*1H;/q-1;;;;+3/p-2. The molecule has 3 radical (unpaired) electrons. The fourth-order valence-electron chi connectivity index (χ4n) is 2.31. The Hall–Kier alpha value is 0.890. The molecule has 2 rings (SSSR count). The smallest absolute Gasteiger partial charge is 1.00 e. The van der Waals surface area contributed by atoms with Crippen molar-refractivity contribution in [2.75, 3.05) is 0 Å². The molecule has 0 unspecified atom stereocenters. The van der Waals surface area contributed by atoms with Gasteiger partial charge in [-0.2, -0.15) is 5.56 Å². The zero-order valence-corrected chi connectivity index (χ0v) is 20.8. The molecule has 22 heavy (non-hydrogen) atoms. The number of aryl methyl sites for hydroxylation is 2. The van der Waals surface area contributed by atoms with Crippen LogP contribution in [0.5, 0.6) is 0 Å². The third-order valence-electron chi connectivity index (χ3n) is 3.48. The summed E-state index contributed by atoms with van der Waals surface area (Å²) in [6.07, 6.45) is 3.81. The molecule has 2 aromatic carbocycles. The van der Waals surface area contributed by atoms with Gasteiger partial charge in [-0.25, -0.2) is 0 Å². The Labute approximate surface area is 179 Å². The molecule has 0 saturated heterocycles. The van der Waals surface area contributed by atoms with Crippen molar-refractivity contribution in [1.82, 2.24) is 0 Å². The summed E-state index contributed by atoms with van der Waals surface area (Å²) in [5.41, 5.74) is 3.02. The van der Waals surface area contributed by atoms with Crippen LogP contribution in [0.1, 0.15) is 44.7 Å². The van der Waals surface area contributed by atoms with Crippen molar-refractivity contribution < 1.29 is 60.2 Å². The maximum Gasteiger partial charge on any atom is 3.00 e. The molecule has 4 heteroatoms. The molecular weight excluding hydrogens is 495 g/mol. The number of halogens is 2. The van der Waals surface area contributed by atoms with Gasteiger partial charge in [0.2, 0.25) is 0 Å². The summed E-state index contributed by atoms with van der Waals surface area (Å²) in [6.45, 7) is 8.94. The predicted molar refractivity (Wildman–Crippen MR) is 89.6 cm³/mol. The van der Waals surface area contributed by atoms with E-state index < -0.39 is 0 Å². The maximum absolute atomic E-state index is 2.35. The first-order valence-corrected chi connectivity index (χ1v) is 9.00. The molecule has 0 bridgehead atoms. The SMILES string of the molecule is CCCCc1[cH-]c2ccccc2c1C.CC[Si]CC.[Br-].[Br-].[Zr+3]. The Bertz CT molecular complexity index is 481. The minimum absolute atomic E-state index is 0. The van der Waals surface area contributed by atoms with Gasteiger partial charge < -0.3 is 34.0 Å². The van der Waals surface area contributed by atoms with Crippen LogP contribution in [0.3, 0.4) is 0 Å². The summed E-state index contributed by atoms with van der Waals surface area (Å²) in [7, 11) is 1.20. The number of fused-ring (bicyclic) bond motifs is 1. The molecule has 0 fully saturated rings. The van der Waals surface area contributed by atoms with Gasteiger partial charge in [0.25, 0.3) is 0 Å². The van der Waals surface area contributed by atoms with Gasteiger partial charge in [0.1, 0.15) is 0 Å². The van der Waals surface area contributed by atoms with Crippen molar-refractivity contribution in [3.8, 4) is 0 Å². The van der Waals surface area contributed by atoms with Gasteiger partial charge in [-0.15, -0.1) is 40.6 Å². The van der Waals surface area contributed by atoms with Gasteiger partial charge in [-0.3, -0.25) is 0 Å². The van der Waals surface area contributed by atoms with E-state index in [0.717, 1.165) is 0 Å². The van der Waals surface area contributed by atoms with Crippen molar-refractivity contribution in [1.29, 1.82) is 0 Å². The Kier molecular flexibility index (Phi) is 21.1. The normalized spacial score (nSPS) is 8.91. The van der Waals surface area contributed by atoms with E-state index in [1.807, 2.05) is 0 Å². The Morgan fingerprint density at radius 1 is 1.00 bits per heavy atom. The van der Waals surface area contributed by atoms with Gasteiger partial charge in [0.15, 0.2) is 0 Å². The zero-order chi connectivity index (χ0) is 14.1. The van der Waals surface area contributed by atoms with E-state index in [2.05, 4.69) is 58.0 Å². The molecule has 0 saturated carbocycles. The van der Waals surface area contributed by atoms with E-state index in [4.69, 9.17) is 0 Å². The van der Waals surface area contributed by atoms with Crippen molar-refractivity contribution in [3.63, 3.8) is 0 Å².